The van der Waals surface area contributed by atoms with E-state index in [2.05, 4.69) is 23.7 Å². The van der Waals surface area contributed by atoms with Gasteiger partial charge in [-0.1, -0.05) is 0 Å². The molecule has 0 aromatic rings. The first-order chi connectivity index (χ1) is 8.04. The van der Waals surface area contributed by atoms with Crippen LogP contribution in [0.5, 0.6) is 0 Å². The second kappa shape index (κ2) is 4.39. The molecule has 1 unspecified atom stereocenters. The minimum absolute atomic E-state index is 0.207. The van der Waals surface area contributed by atoms with Gasteiger partial charge in [0.2, 0.25) is 0 Å². The van der Waals surface area contributed by atoms with Crippen LogP contribution < -0.4 is 0 Å². The molecule has 94 valence electrons. The SMILES string of the molecule is COC(=O)N1CCN2C(C)=NC(C)C(C)=C2C1. The van der Waals surface area contributed by atoms with Crippen molar-refractivity contribution in [1.29, 1.82) is 0 Å². The third-order valence-electron chi connectivity index (χ3n) is 3.55. The van der Waals surface area contributed by atoms with Crippen molar-refractivity contribution in [1.82, 2.24) is 9.80 Å². The number of hydrogen-bond donors (Lipinski definition) is 0. The summed E-state index contributed by atoms with van der Waals surface area (Å²) in [5.41, 5.74) is 2.44. The molecule has 17 heavy (non-hydrogen) atoms. The molecule has 1 atom stereocenters. The lowest BCUT2D eigenvalue weighted by Gasteiger charge is -2.41. The van der Waals surface area contributed by atoms with E-state index in [1.807, 2.05) is 6.92 Å². The molecule has 0 N–H and O–H groups in total. The summed E-state index contributed by atoms with van der Waals surface area (Å²) >= 11 is 0. The zero-order chi connectivity index (χ0) is 12.6. The molecule has 0 aromatic heterocycles. The fourth-order valence-electron chi connectivity index (χ4n) is 2.37. The van der Waals surface area contributed by atoms with Crippen LogP contribution in [0.1, 0.15) is 20.8 Å². The Bertz CT molecular complexity index is 401. The summed E-state index contributed by atoms with van der Waals surface area (Å²) < 4.78 is 4.77. The topological polar surface area (TPSA) is 45.1 Å². The number of piperazine rings is 1. The van der Waals surface area contributed by atoms with Gasteiger partial charge in [0.15, 0.2) is 0 Å². The minimum atomic E-state index is -0.252. The highest BCUT2D eigenvalue weighted by molar-refractivity contribution is 5.84. The van der Waals surface area contributed by atoms with Gasteiger partial charge in [0.25, 0.3) is 0 Å². The number of ether oxygens (including phenoxy) is 1. The summed E-state index contributed by atoms with van der Waals surface area (Å²) in [7, 11) is 1.42. The number of nitrogens with zero attached hydrogens (tertiary/aromatic N) is 3. The molecule has 5 heteroatoms. The normalized spacial score (nSPS) is 24.5. The summed E-state index contributed by atoms with van der Waals surface area (Å²) in [4.78, 5) is 20.1. The lowest BCUT2D eigenvalue weighted by atomic mass is 10.0. The molecular formula is C12H19N3O2. The van der Waals surface area contributed by atoms with Crippen molar-refractivity contribution in [2.45, 2.75) is 26.8 Å². The second-order valence-electron chi connectivity index (χ2n) is 4.53. The van der Waals surface area contributed by atoms with E-state index in [-0.39, 0.29) is 12.1 Å². The highest BCUT2D eigenvalue weighted by Gasteiger charge is 2.31. The predicted octanol–water partition coefficient (Wildman–Crippen LogP) is 1.46. The van der Waals surface area contributed by atoms with Crippen molar-refractivity contribution in [3.63, 3.8) is 0 Å². The van der Waals surface area contributed by atoms with Crippen LogP contribution in [0.15, 0.2) is 16.3 Å². The van der Waals surface area contributed by atoms with E-state index in [1.54, 1.807) is 4.90 Å². The fourth-order valence-corrected chi connectivity index (χ4v) is 2.37. The Morgan fingerprint density at radius 1 is 1.41 bits per heavy atom. The van der Waals surface area contributed by atoms with Crippen molar-refractivity contribution in [2.24, 2.45) is 4.99 Å². The number of amidine groups is 1. The number of hydrogen-bond acceptors (Lipinski definition) is 4. The molecular weight excluding hydrogens is 218 g/mol. The van der Waals surface area contributed by atoms with E-state index < -0.39 is 0 Å². The van der Waals surface area contributed by atoms with Gasteiger partial charge in [0.05, 0.1) is 19.7 Å². The zero-order valence-electron chi connectivity index (χ0n) is 10.9. The third kappa shape index (κ3) is 2.01. The van der Waals surface area contributed by atoms with Gasteiger partial charge in [0, 0.05) is 18.8 Å². The molecule has 0 spiro atoms. The second-order valence-corrected chi connectivity index (χ2v) is 4.53. The van der Waals surface area contributed by atoms with Crippen molar-refractivity contribution < 1.29 is 9.53 Å². The number of aliphatic imine (C=N–C) groups is 1. The van der Waals surface area contributed by atoms with Gasteiger partial charge in [-0.15, -0.1) is 0 Å². The lowest BCUT2D eigenvalue weighted by molar-refractivity contribution is 0.114. The van der Waals surface area contributed by atoms with Gasteiger partial charge in [-0.25, -0.2) is 4.79 Å². The molecule has 0 radical (unpaired) electrons. The first-order valence-electron chi connectivity index (χ1n) is 5.89. The highest BCUT2D eigenvalue weighted by Crippen LogP contribution is 2.25. The van der Waals surface area contributed by atoms with Gasteiger partial charge in [-0.05, 0) is 26.3 Å². The van der Waals surface area contributed by atoms with Crippen LogP contribution in [-0.2, 0) is 4.74 Å². The van der Waals surface area contributed by atoms with E-state index >= 15 is 0 Å². The van der Waals surface area contributed by atoms with Gasteiger partial charge < -0.3 is 14.5 Å². The van der Waals surface area contributed by atoms with E-state index in [1.165, 1.54) is 18.4 Å². The molecule has 5 nitrogen and oxygen atoms in total. The van der Waals surface area contributed by atoms with E-state index in [0.717, 1.165) is 12.4 Å². The minimum Gasteiger partial charge on any atom is -0.453 e. The van der Waals surface area contributed by atoms with Crippen LogP contribution in [0.2, 0.25) is 0 Å². The van der Waals surface area contributed by atoms with E-state index in [9.17, 15) is 4.79 Å². The molecule has 2 aliphatic rings. The predicted molar refractivity (Wildman–Crippen MR) is 66.0 cm³/mol. The van der Waals surface area contributed by atoms with Crippen LogP contribution >= 0.6 is 0 Å². The Balaban J connectivity index is 2.23. The molecule has 0 aromatic carbocycles. The van der Waals surface area contributed by atoms with Crippen LogP contribution in [-0.4, -0.2) is 54.5 Å². The number of methoxy groups -OCH3 is 1. The largest absolute Gasteiger partial charge is 0.453 e. The summed E-state index contributed by atoms with van der Waals surface area (Å²) in [5.74, 6) is 1.04. The van der Waals surface area contributed by atoms with Crippen LogP contribution in [0, 0.1) is 0 Å². The van der Waals surface area contributed by atoms with Crippen molar-refractivity contribution in [2.75, 3.05) is 26.7 Å². The van der Waals surface area contributed by atoms with Gasteiger partial charge in [-0.2, -0.15) is 0 Å². The number of fused-ring (bicyclic) bond motifs is 1. The monoisotopic (exact) mass is 237 g/mol. The maximum atomic E-state index is 11.5. The number of rotatable bonds is 0. The fraction of sp³-hybridized carbons (Fsp3) is 0.667. The lowest BCUT2D eigenvalue weighted by Crippen LogP contribution is -2.50. The van der Waals surface area contributed by atoms with Gasteiger partial charge in [0.1, 0.15) is 5.84 Å². The first kappa shape index (κ1) is 12.0. The Kier molecular flexibility index (Phi) is 3.09. The van der Waals surface area contributed by atoms with Crippen LogP contribution in [0.3, 0.4) is 0 Å². The van der Waals surface area contributed by atoms with Gasteiger partial charge in [-0.3, -0.25) is 4.99 Å². The number of carbonyl (C=O) groups is 1. The summed E-state index contributed by atoms with van der Waals surface area (Å²) in [6, 6.07) is 0.207. The maximum absolute atomic E-state index is 11.5. The molecule has 2 rings (SSSR count). The average Bonchev–Trinajstić information content (AvgIpc) is 2.34. The summed E-state index contributed by atoms with van der Waals surface area (Å²) in [6.45, 7) is 8.30. The molecule has 0 bridgehead atoms. The van der Waals surface area contributed by atoms with Gasteiger partial charge >= 0.3 is 6.09 Å². The average molecular weight is 237 g/mol. The summed E-state index contributed by atoms with van der Waals surface area (Å²) in [5, 5.41) is 0. The molecule has 0 saturated carbocycles. The maximum Gasteiger partial charge on any atom is 0.409 e. The Labute approximate surface area is 102 Å². The Morgan fingerprint density at radius 2 is 2.12 bits per heavy atom. The first-order valence-corrected chi connectivity index (χ1v) is 5.89. The molecule has 2 heterocycles. The third-order valence-corrected chi connectivity index (χ3v) is 3.55. The Morgan fingerprint density at radius 3 is 2.76 bits per heavy atom. The standard InChI is InChI=1S/C12H19N3O2/c1-8-9(2)13-10(3)15-6-5-14(7-11(8)15)12(16)17-4/h9H,5-7H2,1-4H3. The molecule has 1 fully saturated rings. The Hall–Kier alpha value is -1.52. The number of carbonyl (C=O) groups excluding carboxylic acids is 1. The molecule has 0 aliphatic carbocycles. The highest BCUT2D eigenvalue weighted by atomic mass is 16.5. The number of amides is 1. The summed E-state index contributed by atoms with van der Waals surface area (Å²) in [6.07, 6.45) is -0.252. The van der Waals surface area contributed by atoms with Crippen LogP contribution in [0.4, 0.5) is 4.79 Å². The van der Waals surface area contributed by atoms with Crippen molar-refractivity contribution in [3.8, 4) is 0 Å². The van der Waals surface area contributed by atoms with Crippen LogP contribution in [0.25, 0.3) is 0 Å². The molecule has 1 saturated heterocycles. The zero-order valence-corrected chi connectivity index (χ0v) is 10.9. The smallest absolute Gasteiger partial charge is 0.409 e. The van der Waals surface area contributed by atoms with Crippen molar-refractivity contribution >= 4 is 11.9 Å². The van der Waals surface area contributed by atoms with E-state index in [0.29, 0.717) is 13.1 Å². The van der Waals surface area contributed by atoms with Crippen molar-refractivity contribution in [3.05, 3.63) is 11.3 Å². The quantitative estimate of drug-likeness (QED) is 0.641. The van der Waals surface area contributed by atoms with E-state index in [4.69, 9.17) is 4.74 Å². The molecule has 1 amide bonds. The molecule has 2 aliphatic heterocycles.